The van der Waals surface area contributed by atoms with Gasteiger partial charge in [-0.1, -0.05) is 12.1 Å². The standard InChI is InChI=1S/C15H17N3O/c1-17(2)14-6-4-12(5-7-14)10-13(11-16)15(19)18-8-3-9-18/h4-7,10H,3,8-9H2,1-2H3. The van der Waals surface area contributed by atoms with Gasteiger partial charge in [0.25, 0.3) is 5.91 Å². The average Bonchev–Trinajstić information content (AvgIpc) is 2.34. The van der Waals surface area contributed by atoms with Crippen LogP contribution in [0, 0.1) is 11.3 Å². The van der Waals surface area contributed by atoms with Crippen LogP contribution in [0.15, 0.2) is 29.8 Å². The number of amides is 1. The molecule has 0 N–H and O–H groups in total. The molecule has 0 saturated carbocycles. The van der Waals surface area contributed by atoms with Crippen LogP contribution in [0.5, 0.6) is 0 Å². The molecule has 1 aromatic rings. The largest absolute Gasteiger partial charge is 0.378 e. The van der Waals surface area contributed by atoms with Crippen molar-refractivity contribution in [3.8, 4) is 6.07 Å². The molecule has 19 heavy (non-hydrogen) atoms. The van der Waals surface area contributed by atoms with E-state index in [1.54, 1.807) is 11.0 Å². The summed E-state index contributed by atoms with van der Waals surface area (Å²) in [4.78, 5) is 15.7. The summed E-state index contributed by atoms with van der Waals surface area (Å²) in [7, 11) is 3.94. The molecule has 0 radical (unpaired) electrons. The lowest BCUT2D eigenvalue weighted by Crippen LogP contribution is -2.42. The third-order valence-electron chi connectivity index (χ3n) is 3.21. The first kappa shape index (κ1) is 13.2. The second-order valence-electron chi connectivity index (χ2n) is 4.80. The Hall–Kier alpha value is -2.28. The first-order valence-corrected chi connectivity index (χ1v) is 6.30. The van der Waals surface area contributed by atoms with Crippen molar-refractivity contribution < 1.29 is 4.79 Å². The molecule has 1 fully saturated rings. The molecule has 0 atom stereocenters. The highest BCUT2D eigenvalue weighted by Gasteiger charge is 2.23. The zero-order valence-electron chi connectivity index (χ0n) is 11.3. The average molecular weight is 255 g/mol. The van der Waals surface area contributed by atoms with Gasteiger partial charge in [-0.05, 0) is 30.2 Å². The number of carbonyl (C=O) groups is 1. The van der Waals surface area contributed by atoms with Gasteiger partial charge in [-0.3, -0.25) is 4.79 Å². The number of likely N-dealkylation sites (tertiary alicyclic amines) is 1. The van der Waals surface area contributed by atoms with Crippen molar-refractivity contribution in [2.45, 2.75) is 6.42 Å². The molecule has 1 amide bonds. The highest BCUT2D eigenvalue weighted by molar-refractivity contribution is 6.02. The summed E-state index contributed by atoms with van der Waals surface area (Å²) in [6.07, 6.45) is 2.68. The Morgan fingerprint density at radius 1 is 1.32 bits per heavy atom. The van der Waals surface area contributed by atoms with Crippen molar-refractivity contribution in [3.63, 3.8) is 0 Å². The molecule has 0 spiro atoms. The Labute approximate surface area is 113 Å². The summed E-state index contributed by atoms with van der Waals surface area (Å²) in [6, 6.07) is 9.76. The van der Waals surface area contributed by atoms with Crippen LogP contribution in [-0.2, 0) is 4.79 Å². The molecule has 1 heterocycles. The number of anilines is 1. The third-order valence-corrected chi connectivity index (χ3v) is 3.21. The molecule has 0 bridgehead atoms. The lowest BCUT2D eigenvalue weighted by atomic mass is 10.1. The van der Waals surface area contributed by atoms with E-state index in [1.807, 2.05) is 49.3 Å². The quantitative estimate of drug-likeness (QED) is 0.612. The van der Waals surface area contributed by atoms with Gasteiger partial charge in [0, 0.05) is 32.9 Å². The van der Waals surface area contributed by atoms with Gasteiger partial charge in [0.2, 0.25) is 0 Å². The minimum absolute atomic E-state index is 0.162. The van der Waals surface area contributed by atoms with Crippen LogP contribution >= 0.6 is 0 Å². The van der Waals surface area contributed by atoms with Crippen molar-refractivity contribution in [1.82, 2.24) is 4.90 Å². The maximum atomic E-state index is 12.0. The molecular weight excluding hydrogens is 238 g/mol. The second-order valence-corrected chi connectivity index (χ2v) is 4.80. The smallest absolute Gasteiger partial charge is 0.264 e. The number of nitriles is 1. The first-order chi connectivity index (χ1) is 9.11. The monoisotopic (exact) mass is 255 g/mol. The SMILES string of the molecule is CN(C)c1ccc(C=C(C#N)C(=O)N2CCC2)cc1. The number of carbonyl (C=O) groups excluding carboxylic acids is 1. The topological polar surface area (TPSA) is 47.3 Å². The van der Waals surface area contributed by atoms with Gasteiger partial charge in [-0.2, -0.15) is 5.26 Å². The molecule has 4 heteroatoms. The maximum Gasteiger partial charge on any atom is 0.264 e. The van der Waals surface area contributed by atoms with E-state index in [1.165, 1.54) is 0 Å². The Morgan fingerprint density at radius 3 is 2.37 bits per heavy atom. The summed E-state index contributed by atoms with van der Waals surface area (Å²) in [5.41, 5.74) is 2.16. The Balaban J connectivity index is 2.18. The predicted octanol–water partition coefficient (Wildman–Crippen LogP) is 1.89. The fourth-order valence-electron chi connectivity index (χ4n) is 1.87. The zero-order valence-corrected chi connectivity index (χ0v) is 11.3. The van der Waals surface area contributed by atoms with E-state index in [2.05, 4.69) is 0 Å². The second kappa shape index (κ2) is 5.57. The molecule has 1 saturated heterocycles. The molecule has 98 valence electrons. The minimum atomic E-state index is -0.162. The lowest BCUT2D eigenvalue weighted by molar-refractivity contribution is -0.129. The van der Waals surface area contributed by atoms with Crippen molar-refractivity contribution in [1.29, 1.82) is 5.26 Å². The van der Waals surface area contributed by atoms with Crippen molar-refractivity contribution in [2.75, 3.05) is 32.1 Å². The molecule has 0 aliphatic carbocycles. The number of hydrogen-bond donors (Lipinski definition) is 0. The summed E-state index contributed by atoms with van der Waals surface area (Å²) >= 11 is 0. The molecular formula is C15H17N3O. The third kappa shape index (κ3) is 2.94. The van der Waals surface area contributed by atoms with Gasteiger partial charge in [-0.15, -0.1) is 0 Å². The zero-order chi connectivity index (χ0) is 13.8. The molecule has 0 aromatic heterocycles. The highest BCUT2D eigenvalue weighted by Crippen LogP contribution is 2.17. The molecule has 1 aromatic carbocycles. The van der Waals surface area contributed by atoms with Gasteiger partial charge in [-0.25, -0.2) is 0 Å². The van der Waals surface area contributed by atoms with Gasteiger partial charge in [0.15, 0.2) is 0 Å². The van der Waals surface area contributed by atoms with Crippen LogP contribution in [0.3, 0.4) is 0 Å². The molecule has 2 rings (SSSR count). The van der Waals surface area contributed by atoms with Crippen LogP contribution in [0.2, 0.25) is 0 Å². The summed E-state index contributed by atoms with van der Waals surface area (Å²) in [5.74, 6) is -0.162. The van der Waals surface area contributed by atoms with Crippen molar-refractivity contribution in [2.24, 2.45) is 0 Å². The van der Waals surface area contributed by atoms with Gasteiger partial charge < -0.3 is 9.80 Å². The van der Waals surface area contributed by atoms with E-state index in [0.717, 1.165) is 30.8 Å². The fourth-order valence-corrected chi connectivity index (χ4v) is 1.87. The minimum Gasteiger partial charge on any atom is -0.378 e. The van der Waals surface area contributed by atoms with Crippen LogP contribution in [0.4, 0.5) is 5.69 Å². The summed E-state index contributed by atoms with van der Waals surface area (Å²) in [6.45, 7) is 1.52. The first-order valence-electron chi connectivity index (χ1n) is 6.30. The maximum absolute atomic E-state index is 12.0. The van der Waals surface area contributed by atoms with Crippen LogP contribution < -0.4 is 4.90 Å². The molecule has 1 aliphatic rings. The van der Waals surface area contributed by atoms with E-state index in [0.29, 0.717) is 0 Å². The van der Waals surface area contributed by atoms with Crippen molar-refractivity contribution >= 4 is 17.7 Å². The van der Waals surface area contributed by atoms with Gasteiger partial charge in [0.1, 0.15) is 11.6 Å². The van der Waals surface area contributed by atoms with E-state index in [4.69, 9.17) is 5.26 Å². The van der Waals surface area contributed by atoms with Gasteiger partial charge >= 0.3 is 0 Å². The van der Waals surface area contributed by atoms with Crippen LogP contribution in [0.25, 0.3) is 6.08 Å². The fraction of sp³-hybridized carbons (Fsp3) is 0.333. The van der Waals surface area contributed by atoms with Crippen LogP contribution in [-0.4, -0.2) is 38.0 Å². The van der Waals surface area contributed by atoms with E-state index < -0.39 is 0 Å². The molecule has 1 aliphatic heterocycles. The Morgan fingerprint density at radius 2 is 1.95 bits per heavy atom. The summed E-state index contributed by atoms with van der Waals surface area (Å²) in [5, 5.41) is 9.10. The Kier molecular flexibility index (Phi) is 3.86. The highest BCUT2D eigenvalue weighted by atomic mass is 16.2. The van der Waals surface area contributed by atoms with Gasteiger partial charge in [0.05, 0.1) is 0 Å². The van der Waals surface area contributed by atoms with E-state index in [9.17, 15) is 4.79 Å². The predicted molar refractivity (Wildman–Crippen MR) is 75.6 cm³/mol. The molecule has 0 unspecified atom stereocenters. The number of nitrogens with zero attached hydrogens (tertiary/aromatic N) is 3. The number of rotatable bonds is 3. The summed E-state index contributed by atoms with van der Waals surface area (Å²) < 4.78 is 0. The van der Waals surface area contributed by atoms with E-state index >= 15 is 0 Å². The normalized spacial score (nSPS) is 14.6. The van der Waals surface area contributed by atoms with Crippen LogP contribution in [0.1, 0.15) is 12.0 Å². The Bertz CT molecular complexity index is 534. The molecule has 4 nitrogen and oxygen atoms in total. The van der Waals surface area contributed by atoms with E-state index in [-0.39, 0.29) is 11.5 Å². The van der Waals surface area contributed by atoms with Crippen molar-refractivity contribution in [3.05, 3.63) is 35.4 Å². The number of hydrogen-bond acceptors (Lipinski definition) is 3. The number of benzene rings is 1. The lowest BCUT2D eigenvalue weighted by Gasteiger charge is -2.30.